The molecule has 1 aliphatic heterocycles. The number of hydrogen-bond acceptors (Lipinski definition) is 5. The number of imide groups is 1. The number of urea groups is 1. The van der Waals surface area contributed by atoms with Crippen molar-refractivity contribution in [2.75, 3.05) is 25.7 Å². The molecule has 0 N–H and O–H groups in total. The Labute approximate surface area is 198 Å². The number of anilines is 1. The van der Waals surface area contributed by atoms with Crippen LogP contribution in [0.3, 0.4) is 0 Å². The van der Waals surface area contributed by atoms with Gasteiger partial charge in [-0.05, 0) is 44.0 Å². The summed E-state index contributed by atoms with van der Waals surface area (Å²) in [6.45, 7) is 1.82. The third-order valence-electron chi connectivity index (χ3n) is 6.59. The molecule has 2 aromatic rings. The van der Waals surface area contributed by atoms with Crippen molar-refractivity contribution in [1.29, 1.82) is 0 Å². The Kier molecular flexibility index (Phi) is 6.83. The molecule has 0 spiro atoms. The van der Waals surface area contributed by atoms with E-state index in [4.69, 9.17) is 21.1 Å². The zero-order valence-corrected chi connectivity index (χ0v) is 19.6. The van der Waals surface area contributed by atoms with Gasteiger partial charge in [-0.1, -0.05) is 41.4 Å². The second-order valence-electron chi connectivity index (χ2n) is 8.54. The minimum atomic E-state index is -0.519. The fraction of sp³-hybridized carbons (Fsp3) is 0.400. The number of carbonyl (C=O) groups is 3. The van der Waals surface area contributed by atoms with Crippen LogP contribution in [-0.2, 0) is 14.3 Å². The van der Waals surface area contributed by atoms with Crippen molar-refractivity contribution >= 4 is 35.0 Å². The molecule has 7 nitrogen and oxygen atoms in total. The molecule has 4 unspecified atom stereocenters. The average molecular weight is 471 g/mol. The van der Waals surface area contributed by atoms with Crippen LogP contribution in [0, 0.1) is 12.8 Å². The number of hydrogen-bond donors (Lipinski definition) is 0. The minimum absolute atomic E-state index is 0.130. The molecule has 0 bridgehead atoms. The van der Waals surface area contributed by atoms with E-state index >= 15 is 0 Å². The van der Waals surface area contributed by atoms with Gasteiger partial charge in [0.25, 0.3) is 0 Å². The predicted octanol–water partition coefficient (Wildman–Crippen LogP) is 4.11. The van der Waals surface area contributed by atoms with Crippen LogP contribution >= 0.6 is 11.6 Å². The number of rotatable bonds is 6. The number of aryl methyl sites for hydroxylation is 1. The summed E-state index contributed by atoms with van der Waals surface area (Å²) in [4.78, 5) is 42.9. The van der Waals surface area contributed by atoms with Crippen LogP contribution in [0.5, 0.6) is 0 Å². The van der Waals surface area contributed by atoms with E-state index in [-0.39, 0.29) is 30.4 Å². The van der Waals surface area contributed by atoms with Gasteiger partial charge >= 0.3 is 6.03 Å². The van der Waals surface area contributed by atoms with Crippen molar-refractivity contribution < 1.29 is 23.9 Å². The maximum Gasteiger partial charge on any atom is 0.332 e. The van der Waals surface area contributed by atoms with Crippen LogP contribution in [0.1, 0.15) is 28.8 Å². The number of benzene rings is 2. The molecule has 1 aliphatic carbocycles. The lowest BCUT2D eigenvalue weighted by Crippen LogP contribution is -2.66. The SMILES string of the molecule is COC1CC2C(=O)N(c3ccc(Cl)cc3)C(=O)N(CC(=O)c3ccc(C)cc3)C2CC1OC. The molecule has 0 aromatic heterocycles. The Morgan fingerprint density at radius 1 is 0.970 bits per heavy atom. The number of fused-ring (bicyclic) bond motifs is 1. The van der Waals surface area contributed by atoms with Crippen LogP contribution in [0.4, 0.5) is 10.5 Å². The maximum absolute atomic E-state index is 13.6. The van der Waals surface area contributed by atoms with Crippen LogP contribution in [0.15, 0.2) is 48.5 Å². The summed E-state index contributed by atoms with van der Waals surface area (Å²) in [5.41, 5.74) is 1.98. The van der Waals surface area contributed by atoms with Gasteiger partial charge in [-0.3, -0.25) is 9.59 Å². The van der Waals surface area contributed by atoms with Gasteiger partial charge in [-0.25, -0.2) is 9.69 Å². The second-order valence-corrected chi connectivity index (χ2v) is 8.98. The zero-order chi connectivity index (χ0) is 23.7. The fourth-order valence-corrected chi connectivity index (χ4v) is 4.87. The molecule has 0 radical (unpaired) electrons. The standard InChI is InChI=1S/C25H27ClN2O5/c1-15-4-6-16(7-5-15)21(29)14-27-20-13-23(33-3)22(32-2)12-19(20)24(30)28(25(27)31)18-10-8-17(26)9-11-18/h4-11,19-20,22-23H,12-14H2,1-3H3. The summed E-state index contributed by atoms with van der Waals surface area (Å²) < 4.78 is 11.2. The first-order chi connectivity index (χ1) is 15.8. The van der Waals surface area contributed by atoms with E-state index in [1.54, 1.807) is 50.6 Å². The van der Waals surface area contributed by atoms with E-state index in [1.165, 1.54) is 4.90 Å². The smallest absolute Gasteiger partial charge is 0.332 e. The molecule has 1 saturated heterocycles. The Morgan fingerprint density at radius 3 is 2.18 bits per heavy atom. The van der Waals surface area contributed by atoms with Gasteiger partial charge in [0, 0.05) is 30.8 Å². The number of halogens is 1. The Morgan fingerprint density at radius 2 is 1.58 bits per heavy atom. The molecular formula is C25H27ClN2O5. The summed E-state index contributed by atoms with van der Waals surface area (Å²) in [7, 11) is 3.18. The van der Waals surface area contributed by atoms with Crippen LogP contribution in [0.25, 0.3) is 0 Å². The lowest BCUT2D eigenvalue weighted by atomic mass is 9.77. The first-order valence-corrected chi connectivity index (χ1v) is 11.3. The average Bonchev–Trinajstić information content (AvgIpc) is 2.82. The minimum Gasteiger partial charge on any atom is -0.379 e. The van der Waals surface area contributed by atoms with E-state index in [1.807, 2.05) is 19.1 Å². The summed E-state index contributed by atoms with van der Waals surface area (Å²) in [6.07, 6.45) is 0.240. The molecule has 4 atom stereocenters. The number of carbonyl (C=O) groups excluding carboxylic acids is 3. The fourth-order valence-electron chi connectivity index (χ4n) is 4.75. The molecule has 3 amide bonds. The van der Waals surface area contributed by atoms with Crippen LogP contribution in [-0.4, -0.2) is 61.6 Å². The number of amides is 3. The molecule has 4 rings (SSSR count). The van der Waals surface area contributed by atoms with Gasteiger partial charge in [-0.2, -0.15) is 0 Å². The van der Waals surface area contributed by atoms with Crippen molar-refractivity contribution in [3.05, 3.63) is 64.7 Å². The van der Waals surface area contributed by atoms with E-state index in [0.29, 0.717) is 29.1 Å². The zero-order valence-electron chi connectivity index (χ0n) is 18.9. The Bertz CT molecular complexity index is 1040. The quantitative estimate of drug-likeness (QED) is 0.594. The third-order valence-corrected chi connectivity index (χ3v) is 6.84. The van der Waals surface area contributed by atoms with Gasteiger partial charge in [-0.15, -0.1) is 0 Å². The van der Waals surface area contributed by atoms with E-state index in [0.717, 1.165) is 10.5 Å². The molecule has 2 aliphatic rings. The number of ketones is 1. The lowest BCUT2D eigenvalue weighted by Gasteiger charge is -2.49. The van der Waals surface area contributed by atoms with Crippen LogP contribution < -0.4 is 4.90 Å². The molecule has 8 heteroatoms. The molecule has 2 fully saturated rings. The van der Waals surface area contributed by atoms with Crippen molar-refractivity contribution in [2.24, 2.45) is 5.92 Å². The molecule has 1 heterocycles. The highest BCUT2D eigenvalue weighted by Gasteiger charge is 2.52. The molecule has 174 valence electrons. The molecular weight excluding hydrogens is 444 g/mol. The van der Waals surface area contributed by atoms with Gasteiger partial charge in [0.1, 0.15) is 0 Å². The normalized spacial score (nSPS) is 25.2. The predicted molar refractivity (Wildman–Crippen MR) is 125 cm³/mol. The summed E-state index contributed by atoms with van der Waals surface area (Å²) in [5.74, 6) is -1.00. The number of methoxy groups -OCH3 is 2. The summed E-state index contributed by atoms with van der Waals surface area (Å²) in [6, 6.07) is 12.8. The lowest BCUT2D eigenvalue weighted by molar-refractivity contribution is -0.137. The molecule has 1 saturated carbocycles. The molecule has 2 aromatic carbocycles. The summed E-state index contributed by atoms with van der Waals surface area (Å²) >= 11 is 6.01. The highest BCUT2D eigenvalue weighted by molar-refractivity contribution is 6.30. The molecule has 33 heavy (non-hydrogen) atoms. The highest BCUT2D eigenvalue weighted by atomic mass is 35.5. The largest absolute Gasteiger partial charge is 0.379 e. The van der Waals surface area contributed by atoms with Gasteiger partial charge in [0.2, 0.25) is 5.91 Å². The van der Waals surface area contributed by atoms with E-state index < -0.39 is 18.0 Å². The Balaban J connectivity index is 1.70. The van der Waals surface area contributed by atoms with Crippen molar-refractivity contribution in [3.8, 4) is 0 Å². The van der Waals surface area contributed by atoms with Gasteiger partial charge < -0.3 is 14.4 Å². The Hall–Kier alpha value is -2.74. The van der Waals surface area contributed by atoms with Gasteiger partial charge in [0.05, 0.1) is 30.4 Å². The summed E-state index contributed by atoms with van der Waals surface area (Å²) in [5, 5.41) is 0.500. The maximum atomic E-state index is 13.6. The monoisotopic (exact) mass is 470 g/mol. The van der Waals surface area contributed by atoms with Crippen LogP contribution in [0.2, 0.25) is 5.02 Å². The number of nitrogens with zero attached hydrogens (tertiary/aromatic N) is 2. The first kappa shape index (κ1) is 23.4. The first-order valence-electron chi connectivity index (χ1n) is 10.9. The highest BCUT2D eigenvalue weighted by Crippen LogP contribution is 2.38. The van der Waals surface area contributed by atoms with Crippen molar-refractivity contribution in [2.45, 2.75) is 38.0 Å². The van der Waals surface area contributed by atoms with E-state index in [2.05, 4.69) is 0 Å². The number of Topliss-reactive ketones (excluding diaryl/α,β-unsaturated/α-hetero) is 1. The number of ether oxygens (including phenoxy) is 2. The third kappa shape index (κ3) is 4.53. The topological polar surface area (TPSA) is 76.2 Å². The second kappa shape index (κ2) is 9.63. The van der Waals surface area contributed by atoms with Gasteiger partial charge in [0.15, 0.2) is 5.78 Å². The van der Waals surface area contributed by atoms with Crippen molar-refractivity contribution in [1.82, 2.24) is 4.90 Å². The van der Waals surface area contributed by atoms with Crippen molar-refractivity contribution in [3.63, 3.8) is 0 Å². The van der Waals surface area contributed by atoms with E-state index in [9.17, 15) is 14.4 Å².